The van der Waals surface area contributed by atoms with Crippen LogP contribution in [0.4, 0.5) is 5.69 Å². The molecule has 1 aromatic heterocycles. The second-order valence-corrected chi connectivity index (χ2v) is 6.80. The molecule has 1 saturated carbocycles. The lowest BCUT2D eigenvalue weighted by atomic mass is 9.95. The Balaban J connectivity index is 1.65. The zero-order valence-electron chi connectivity index (χ0n) is 15.8. The topological polar surface area (TPSA) is 102 Å². The van der Waals surface area contributed by atoms with Gasteiger partial charge < -0.3 is 15.4 Å². The number of benzene rings is 1. The second-order valence-electron chi connectivity index (χ2n) is 6.80. The summed E-state index contributed by atoms with van der Waals surface area (Å²) in [6.07, 6.45) is 5.31. The first-order valence-corrected chi connectivity index (χ1v) is 9.38. The molecule has 2 aromatic rings. The van der Waals surface area contributed by atoms with Gasteiger partial charge in [-0.1, -0.05) is 19.3 Å². The molecule has 1 aliphatic rings. The highest BCUT2D eigenvalue weighted by Crippen LogP contribution is 2.17. The number of nitrogens with zero attached hydrogens (tertiary/aromatic N) is 2. The number of amides is 2. The van der Waals surface area contributed by atoms with Crippen molar-refractivity contribution in [1.82, 2.24) is 15.1 Å². The summed E-state index contributed by atoms with van der Waals surface area (Å²) in [5.41, 5.74) is 0.195. The summed E-state index contributed by atoms with van der Waals surface area (Å²) < 4.78 is 6.09. The molecule has 2 amide bonds. The zero-order chi connectivity index (χ0) is 19.9. The molecule has 8 nitrogen and oxygen atoms in total. The maximum absolute atomic E-state index is 12.4. The summed E-state index contributed by atoms with van der Waals surface area (Å²) in [5, 5.41) is 9.69. The molecule has 0 saturated heterocycles. The van der Waals surface area contributed by atoms with E-state index in [1.807, 2.05) is 0 Å². The highest BCUT2D eigenvalue weighted by atomic mass is 16.5. The molecule has 1 aromatic carbocycles. The molecule has 0 radical (unpaired) electrons. The largest absolute Gasteiger partial charge is 0.497 e. The van der Waals surface area contributed by atoms with Crippen LogP contribution in [0.3, 0.4) is 0 Å². The van der Waals surface area contributed by atoms with Crippen molar-refractivity contribution >= 4 is 17.5 Å². The summed E-state index contributed by atoms with van der Waals surface area (Å²) in [7, 11) is 1.56. The minimum absolute atomic E-state index is 0.0564. The van der Waals surface area contributed by atoms with Crippen molar-refractivity contribution in [2.75, 3.05) is 12.4 Å². The van der Waals surface area contributed by atoms with Gasteiger partial charge in [0.15, 0.2) is 0 Å². The average Bonchev–Trinajstić information content (AvgIpc) is 2.71. The van der Waals surface area contributed by atoms with Crippen LogP contribution in [0.15, 0.2) is 41.2 Å². The molecule has 0 unspecified atom stereocenters. The number of anilines is 1. The normalized spacial score (nSPS) is 14.3. The lowest BCUT2D eigenvalue weighted by Gasteiger charge is -2.22. The molecule has 0 spiro atoms. The van der Waals surface area contributed by atoms with Crippen LogP contribution in [-0.2, 0) is 11.3 Å². The molecule has 3 rings (SSSR count). The number of aromatic nitrogens is 2. The Labute approximate surface area is 162 Å². The number of carbonyl (C=O) groups excluding carboxylic acids is 2. The van der Waals surface area contributed by atoms with Gasteiger partial charge in [0.2, 0.25) is 5.91 Å². The molecule has 1 heterocycles. The van der Waals surface area contributed by atoms with Crippen LogP contribution in [0.5, 0.6) is 5.75 Å². The average molecular weight is 384 g/mol. The molecule has 2 N–H and O–H groups in total. The van der Waals surface area contributed by atoms with Gasteiger partial charge in [0.05, 0.1) is 7.11 Å². The van der Waals surface area contributed by atoms with Crippen LogP contribution in [-0.4, -0.2) is 34.7 Å². The molecule has 1 aliphatic carbocycles. The maximum atomic E-state index is 12.4. The van der Waals surface area contributed by atoms with E-state index in [4.69, 9.17) is 4.74 Å². The first-order chi connectivity index (χ1) is 13.5. The minimum Gasteiger partial charge on any atom is -0.497 e. The van der Waals surface area contributed by atoms with Crippen molar-refractivity contribution in [1.29, 1.82) is 0 Å². The first kappa shape index (κ1) is 19.6. The summed E-state index contributed by atoms with van der Waals surface area (Å²) in [6, 6.07) is 9.58. The molecule has 8 heteroatoms. The molecule has 0 aliphatic heterocycles. The van der Waals surface area contributed by atoms with Gasteiger partial charge >= 0.3 is 0 Å². The molecule has 28 heavy (non-hydrogen) atoms. The third kappa shape index (κ3) is 5.18. The van der Waals surface area contributed by atoms with Crippen molar-refractivity contribution in [3.8, 4) is 5.75 Å². The van der Waals surface area contributed by atoms with E-state index in [1.165, 1.54) is 18.6 Å². The molecule has 0 bridgehead atoms. The Bertz CT molecular complexity index is 886. The molecule has 1 fully saturated rings. The van der Waals surface area contributed by atoms with Crippen LogP contribution >= 0.6 is 0 Å². The van der Waals surface area contributed by atoms with E-state index in [1.54, 1.807) is 31.4 Å². The predicted octanol–water partition coefficient (Wildman–Crippen LogP) is 1.95. The third-order valence-electron chi connectivity index (χ3n) is 4.71. The second kappa shape index (κ2) is 9.16. The minimum atomic E-state index is -0.466. The standard InChI is InChI=1S/C20H24N4O4/c1-28-16-9-7-15(8-10-16)22-20(27)17-11-12-19(26)24(23-17)13-18(25)21-14-5-3-2-4-6-14/h7-12,14H,2-6,13H2,1H3,(H,21,25)(H,22,27). The van der Waals surface area contributed by atoms with Crippen molar-refractivity contribution in [2.24, 2.45) is 0 Å². The highest BCUT2D eigenvalue weighted by molar-refractivity contribution is 6.02. The van der Waals surface area contributed by atoms with Gasteiger partial charge in [-0.25, -0.2) is 4.68 Å². The van der Waals surface area contributed by atoms with Crippen molar-refractivity contribution < 1.29 is 14.3 Å². The summed E-state index contributed by atoms with van der Waals surface area (Å²) in [6.45, 7) is -0.209. The van der Waals surface area contributed by atoms with Crippen molar-refractivity contribution in [3.05, 3.63) is 52.4 Å². The summed E-state index contributed by atoms with van der Waals surface area (Å²) >= 11 is 0. The van der Waals surface area contributed by atoms with Crippen LogP contribution in [0.2, 0.25) is 0 Å². The number of methoxy groups -OCH3 is 1. The van der Waals surface area contributed by atoms with Crippen molar-refractivity contribution in [2.45, 2.75) is 44.7 Å². The van der Waals surface area contributed by atoms with Gasteiger partial charge in [-0.2, -0.15) is 5.10 Å². The Kier molecular flexibility index (Phi) is 6.41. The lowest BCUT2D eigenvalue weighted by molar-refractivity contribution is -0.122. The SMILES string of the molecule is COc1ccc(NC(=O)c2ccc(=O)n(CC(=O)NC3CCCCC3)n2)cc1. The molecular weight excluding hydrogens is 360 g/mol. The number of ether oxygens (including phenoxy) is 1. The Morgan fingerprint density at radius 2 is 1.82 bits per heavy atom. The summed E-state index contributed by atoms with van der Waals surface area (Å²) in [5.74, 6) is -0.0607. The number of hydrogen-bond donors (Lipinski definition) is 2. The Morgan fingerprint density at radius 3 is 2.50 bits per heavy atom. The van der Waals surface area contributed by atoms with E-state index >= 15 is 0 Å². The fraction of sp³-hybridized carbons (Fsp3) is 0.400. The predicted molar refractivity (Wildman–Crippen MR) is 104 cm³/mol. The van der Waals surface area contributed by atoms with Gasteiger partial charge in [-0.05, 0) is 43.2 Å². The van der Waals surface area contributed by atoms with Crippen LogP contribution in [0, 0.1) is 0 Å². The monoisotopic (exact) mass is 384 g/mol. The first-order valence-electron chi connectivity index (χ1n) is 9.38. The molecule has 148 valence electrons. The third-order valence-corrected chi connectivity index (χ3v) is 4.71. The highest BCUT2D eigenvalue weighted by Gasteiger charge is 2.17. The lowest BCUT2D eigenvalue weighted by Crippen LogP contribution is -2.40. The Hall–Kier alpha value is -3.16. The fourth-order valence-corrected chi connectivity index (χ4v) is 3.21. The number of hydrogen-bond acceptors (Lipinski definition) is 5. The van der Waals surface area contributed by atoms with E-state index in [9.17, 15) is 14.4 Å². The fourth-order valence-electron chi connectivity index (χ4n) is 3.21. The van der Waals surface area contributed by atoms with Crippen molar-refractivity contribution in [3.63, 3.8) is 0 Å². The Morgan fingerprint density at radius 1 is 1.11 bits per heavy atom. The van der Waals surface area contributed by atoms with Gasteiger partial charge in [-0.15, -0.1) is 0 Å². The van der Waals surface area contributed by atoms with Gasteiger partial charge in [0.25, 0.3) is 11.5 Å². The van der Waals surface area contributed by atoms with Gasteiger partial charge in [0.1, 0.15) is 18.0 Å². The van der Waals surface area contributed by atoms with Gasteiger partial charge in [0, 0.05) is 17.8 Å². The number of rotatable bonds is 6. The van der Waals surface area contributed by atoms with Crippen LogP contribution in [0.25, 0.3) is 0 Å². The van der Waals surface area contributed by atoms with E-state index in [2.05, 4.69) is 15.7 Å². The number of carbonyl (C=O) groups is 2. The summed E-state index contributed by atoms with van der Waals surface area (Å²) in [4.78, 5) is 36.7. The number of nitrogens with one attached hydrogen (secondary N) is 2. The zero-order valence-corrected chi connectivity index (χ0v) is 15.8. The van der Waals surface area contributed by atoms with E-state index in [0.717, 1.165) is 30.4 Å². The van der Waals surface area contributed by atoms with Gasteiger partial charge in [-0.3, -0.25) is 14.4 Å². The smallest absolute Gasteiger partial charge is 0.276 e. The van der Waals surface area contributed by atoms with E-state index in [-0.39, 0.29) is 24.2 Å². The molecular formula is C20H24N4O4. The van der Waals surface area contributed by atoms with Crippen LogP contribution in [0.1, 0.15) is 42.6 Å². The van der Waals surface area contributed by atoms with E-state index < -0.39 is 11.5 Å². The molecule has 0 atom stereocenters. The quantitative estimate of drug-likeness (QED) is 0.793. The van der Waals surface area contributed by atoms with E-state index in [0.29, 0.717) is 11.4 Å². The maximum Gasteiger partial charge on any atom is 0.276 e. The van der Waals surface area contributed by atoms with Crippen LogP contribution < -0.4 is 20.9 Å².